The number of hydrogen-bond donors (Lipinski definition) is 0. The number of para-hydroxylation sites is 2. The number of ether oxygens (including phenoxy) is 1. The first-order chi connectivity index (χ1) is 5.38. The largest absolute Gasteiger partial charge is 0.490 e. The number of anilines is 1. The summed E-state index contributed by atoms with van der Waals surface area (Å²) >= 11 is 0. The van der Waals surface area contributed by atoms with Crippen LogP contribution in [0.15, 0.2) is 24.3 Å². The van der Waals surface area contributed by atoms with E-state index in [2.05, 4.69) is 16.7 Å². The molecule has 0 saturated heterocycles. The molecule has 11 heavy (non-hydrogen) atoms. The first-order valence-electron chi connectivity index (χ1n) is 3.81. The van der Waals surface area contributed by atoms with Gasteiger partial charge in [-0.1, -0.05) is 12.1 Å². The Morgan fingerprint density at radius 2 is 2.18 bits per heavy atom. The monoisotopic (exact) mass is 165 g/mol. The molecule has 0 unspecified atom stereocenters. The van der Waals surface area contributed by atoms with Gasteiger partial charge in [0.25, 0.3) is 0 Å². The summed E-state index contributed by atoms with van der Waals surface area (Å²) in [5, 5.41) is 0. The molecule has 0 saturated carbocycles. The number of rotatable bonds is 0. The van der Waals surface area contributed by atoms with Gasteiger partial charge in [-0.05, 0) is 12.1 Å². The van der Waals surface area contributed by atoms with Crippen molar-refractivity contribution < 1.29 is 4.74 Å². The lowest BCUT2D eigenvalue weighted by molar-refractivity contribution is 0.317. The molecule has 1 heterocycles. The normalized spacial score (nSPS) is 15.8. The Balaban J connectivity index is 2.44. The van der Waals surface area contributed by atoms with E-state index in [1.54, 1.807) is 0 Å². The molecule has 58 valence electrons. The molecule has 0 radical (unpaired) electrons. The minimum atomic E-state index is 0.834. The quantitative estimate of drug-likeness (QED) is 0.508. The smallest absolute Gasteiger partial charge is 0.141 e. The summed E-state index contributed by atoms with van der Waals surface area (Å²) in [5.74, 6) is 1.04. The van der Waals surface area contributed by atoms with Gasteiger partial charge in [-0.3, -0.25) is 0 Å². The lowest BCUT2D eigenvalue weighted by Crippen LogP contribution is -2.29. The van der Waals surface area contributed by atoms with Crippen LogP contribution in [0.25, 0.3) is 0 Å². The SMILES string of the molecule is [SiH3]N1CCOc2ccccc21. The molecule has 1 aromatic carbocycles. The number of hydrogen-bond acceptors (Lipinski definition) is 2. The average Bonchev–Trinajstić information content (AvgIpc) is 2.06. The zero-order valence-electron chi connectivity index (χ0n) is 6.58. The van der Waals surface area contributed by atoms with Gasteiger partial charge >= 0.3 is 0 Å². The van der Waals surface area contributed by atoms with Crippen molar-refractivity contribution in [1.29, 1.82) is 0 Å². The maximum Gasteiger partial charge on any atom is 0.141 e. The molecule has 0 atom stereocenters. The molecular formula is C8H11NOSi. The van der Waals surface area contributed by atoms with Crippen molar-refractivity contribution in [3.8, 4) is 5.75 Å². The third-order valence-electron chi connectivity index (χ3n) is 1.96. The standard InChI is InChI=1S/C8H11NOSi/c11-9-5-6-10-8-4-2-1-3-7(8)9/h1-4H,5-6H2,11H3. The summed E-state index contributed by atoms with van der Waals surface area (Å²) < 4.78 is 7.82. The summed E-state index contributed by atoms with van der Waals surface area (Å²) in [6.45, 7) is 1.88. The summed E-state index contributed by atoms with van der Waals surface area (Å²) in [6.07, 6.45) is 0. The highest BCUT2D eigenvalue weighted by atomic mass is 28.2. The minimum absolute atomic E-state index is 0.834. The fourth-order valence-electron chi connectivity index (χ4n) is 1.31. The van der Waals surface area contributed by atoms with E-state index in [0.717, 1.165) is 29.3 Å². The Bertz CT molecular complexity index is 264. The van der Waals surface area contributed by atoms with Crippen molar-refractivity contribution in [3.05, 3.63) is 24.3 Å². The third kappa shape index (κ3) is 1.11. The van der Waals surface area contributed by atoms with Gasteiger partial charge in [0.1, 0.15) is 22.8 Å². The second kappa shape index (κ2) is 2.58. The molecule has 2 nitrogen and oxygen atoms in total. The van der Waals surface area contributed by atoms with Crippen LogP contribution in [0.3, 0.4) is 0 Å². The molecule has 0 N–H and O–H groups in total. The van der Waals surface area contributed by atoms with Gasteiger partial charge in [0, 0.05) is 6.54 Å². The molecule has 0 aliphatic carbocycles. The van der Waals surface area contributed by atoms with Crippen molar-refractivity contribution in [1.82, 2.24) is 0 Å². The average molecular weight is 165 g/mol. The van der Waals surface area contributed by atoms with E-state index in [0.29, 0.717) is 0 Å². The lowest BCUT2D eigenvalue weighted by atomic mass is 10.2. The van der Waals surface area contributed by atoms with Gasteiger partial charge in [-0.2, -0.15) is 0 Å². The van der Waals surface area contributed by atoms with E-state index in [1.807, 2.05) is 12.1 Å². The Kier molecular flexibility index (Phi) is 1.58. The van der Waals surface area contributed by atoms with Crippen LogP contribution in [0.5, 0.6) is 5.75 Å². The second-order valence-electron chi connectivity index (χ2n) is 2.74. The summed E-state index contributed by atoms with van der Waals surface area (Å²) in [7, 11) is 1.08. The van der Waals surface area contributed by atoms with Crippen LogP contribution in [0.4, 0.5) is 5.69 Å². The van der Waals surface area contributed by atoms with Crippen LogP contribution in [0.2, 0.25) is 0 Å². The number of nitrogens with zero attached hydrogens (tertiary/aromatic N) is 1. The van der Waals surface area contributed by atoms with Gasteiger partial charge in [-0.25, -0.2) is 0 Å². The van der Waals surface area contributed by atoms with Crippen molar-refractivity contribution in [3.63, 3.8) is 0 Å². The maximum atomic E-state index is 5.47. The first-order valence-corrected chi connectivity index (χ1v) is 4.70. The molecule has 1 aliphatic rings. The molecule has 0 fully saturated rings. The summed E-state index contributed by atoms with van der Waals surface area (Å²) in [4.78, 5) is 0. The van der Waals surface area contributed by atoms with Gasteiger partial charge in [-0.15, -0.1) is 0 Å². The maximum absolute atomic E-state index is 5.47. The van der Waals surface area contributed by atoms with Gasteiger partial charge < -0.3 is 9.30 Å². The minimum Gasteiger partial charge on any atom is -0.490 e. The van der Waals surface area contributed by atoms with E-state index in [-0.39, 0.29) is 0 Å². The van der Waals surface area contributed by atoms with Crippen LogP contribution in [-0.4, -0.2) is 23.6 Å². The molecular weight excluding hydrogens is 154 g/mol. The lowest BCUT2D eigenvalue weighted by Gasteiger charge is -2.27. The van der Waals surface area contributed by atoms with Gasteiger partial charge in [0.05, 0.1) is 5.69 Å². The van der Waals surface area contributed by atoms with Crippen molar-refractivity contribution in [2.75, 3.05) is 17.7 Å². The summed E-state index contributed by atoms with van der Waals surface area (Å²) in [5.41, 5.74) is 1.26. The van der Waals surface area contributed by atoms with Crippen molar-refractivity contribution >= 4 is 16.1 Å². The molecule has 1 aromatic rings. The predicted octanol–water partition coefficient (Wildman–Crippen LogP) is 0.166. The van der Waals surface area contributed by atoms with E-state index in [1.165, 1.54) is 5.69 Å². The molecule has 0 aromatic heterocycles. The van der Waals surface area contributed by atoms with E-state index in [4.69, 9.17) is 4.74 Å². The van der Waals surface area contributed by atoms with Crippen LogP contribution < -0.4 is 9.30 Å². The zero-order valence-corrected chi connectivity index (χ0v) is 8.58. The molecule has 1 aliphatic heterocycles. The van der Waals surface area contributed by atoms with Gasteiger partial charge in [0.2, 0.25) is 0 Å². The van der Waals surface area contributed by atoms with Crippen LogP contribution in [-0.2, 0) is 0 Å². The van der Waals surface area contributed by atoms with E-state index in [9.17, 15) is 0 Å². The topological polar surface area (TPSA) is 12.5 Å². The fourth-order valence-corrected chi connectivity index (χ4v) is 1.86. The fraction of sp³-hybridized carbons (Fsp3) is 0.250. The molecule has 0 bridgehead atoms. The highest BCUT2D eigenvalue weighted by molar-refractivity contribution is 6.18. The van der Waals surface area contributed by atoms with Crippen molar-refractivity contribution in [2.24, 2.45) is 0 Å². The third-order valence-corrected chi connectivity index (χ3v) is 2.89. The Morgan fingerprint density at radius 1 is 1.36 bits per heavy atom. The Labute approximate surface area is 69.3 Å². The van der Waals surface area contributed by atoms with Crippen molar-refractivity contribution in [2.45, 2.75) is 0 Å². The van der Waals surface area contributed by atoms with Crippen LogP contribution in [0.1, 0.15) is 0 Å². The predicted molar refractivity (Wildman–Crippen MR) is 49.2 cm³/mol. The van der Waals surface area contributed by atoms with Crippen LogP contribution >= 0.6 is 0 Å². The Hall–Kier alpha value is -0.963. The van der Waals surface area contributed by atoms with E-state index < -0.39 is 0 Å². The van der Waals surface area contributed by atoms with Crippen LogP contribution in [0, 0.1) is 0 Å². The summed E-state index contributed by atoms with van der Waals surface area (Å²) in [6, 6.07) is 8.21. The van der Waals surface area contributed by atoms with E-state index >= 15 is 0 Å². The second-order valence-corrected chi connectivity index (χ2v) is 3.82. The number of benzene rings is 1. The molecule has 0 amide bonds. The van der Waals surface area contributed by atoms with Gasteiger partial charge in [0.15, 0.2) is 0 Å². The highest BCUT2D eigenvalue weighted by Gasteiger charge is 2.11. The number of fused-ring (bicyclic) bond motifs is 1. The molecule has 3 heteroatoms. The Morgan fingerprint density at radius 3 is 3.00 bits per heavy atom. The first kappa shape index (κ1) is 6.73. The molecule has 2 rings (SSSR count). The highest BCUT2D eigenvalue weighted by Crippen LogP contribution is 2.28. The molecule has 0 spiro atoms. The zero-order chi connectivity index (χ0) is 7.68.